The highest BCUT2D eigenvalue weighted by atomic mass is 19.1. The molecule has 0 saturated heterocycles. The Balaban J connectivity index is 2.13. The van der Waals surface area contributed by atoms with Crippen molar-refractivity contribution in [2.24, 2.45) is 0 Å². The van der Waals surface area contributed by atoms with Crippen molar-refractivity contribution in [1.29, 1.82) is 0 Å². The molecular formula is C14H18FN3O. The average Bonchev–Trinajstić information content (AvgIpc) is 2.73. The van der Waals surface area contributed by atoms with E-state index in [2.05, 4.69) is 10.3 Å². The van der Waals surface area contributed by atoms with Crippen molar-refractivity contribution in [1.82, 2.24) is 9.55 Å². The van der Waals surface area contributed by atoms with Gasteiger partial charge in [-0.15, -0.1) is 0 Å². The second-order valence-corrected chi connectivity index (χ2v) is 4.35. The van der Waals surface area contributed by atoms with Gasteiger partial charge in [0.25, 0.3) is 0 Å². The predicted octanol–water partition coefficient (Wildman–Crippen LogP) is 3.11. The second-order valence-electron chi connectivity index (χ2n) is 4.35. The molecule has 19 heavy (non-hydrogen) atoms. The van der Waals surface area contributed by atoms with Crippen molar-refractivity contribution in [3.05, 3.63) is 42.0 Å². The van der Waals surface area contributed by atoms with Crippen molar-refractivity contribution in [3.63, 3.8) is 0 Å². The van der Waals surface area contributed by atoms with E-state index in [0.717, 1.165) is 18.7 Å². The zero-order chi connectivity index (χ0) is 13.7. The second kappa shape index (κ2) is 6.33. The fourth-order valence-corrected chi connectivity index (χ4v) is 1.88. The van der Waals surface area contributed by atoms with Gasteiger partial charge in [-0.25, -0.2) is 9.37 Å². The maximum atomic E-state index is 13.6. The Kier molecular flexibility index (Phi) is 4.52. The van der Waals surface area contributed by atoms with Crippen LogP contribution >= 0.6 is 0 Å². The highest BCUT2D eigenvalue weighted by Gasteiger charge is 2.08. The van der Waals surface area contributed by atoms with Crippen molar-refractivity contribution < 1.29 is 9.13 Å². The molecule has 2 rings (SSSR count). The molecule has 2 aromatic rings. The first-order chi connectivity index (χ1) is 9.20. The number of halogens is 1. The van der Waals surface area contributed by atoms with Gasteiger partial charge in [0.1, 0.15) is 5.82 Å². The molecule has 0 amide bonds. The molecule has 1 heterocycles. The molecule has 0 unspecified atom stereocenters. The van der Waals surface area contributed by atoms with Crippen molar-refractivity contribution in [2.75, 3.05) is 19.0 Å². The minimum atomic E-state index is -0.286. The van der Waals surface area contributed by atoms with E-state index in [-0.39, 0.29) is 5.82 Å². The van der Waals surface area contributed by atoms with Gasteiger partial charge in [0, 0.05) is 26.5 Å². The highest BCUT2D eigenvalue weighted by Crippen LogP contribution is 2.19. The van der Waals surface area contributed by atoms with Gasteiger partial charge >= 0.3 is 0 Å². The Morgan fingerprint density at radius 2 is 2.16 bits per heavy atom. The number of nitrogens with zero attached hydrogens (tertiary/aromatic N) is 2. The van der Waals surface area contributed by atoms with E-state index in [1.165, 1.54) is 6.07 Å². The third kappa shape index (κ3) is 3.54. The van der Waals surface area contributed by atoms with Crippen LogP contribution in [0.4, 0.5) is 16.0 Å². The van der Waals surface area contributed by atoms with E-state index in [1.807, 2.05) is 17.7 Å². The number of nitrogens with one attached hydrogen (secondary N) is 1. The molecule has 0 aliphatic rings. The normalized spacial score (nSPS) is 10.7. The summed E-state index contributed by atoms with van der Waals surface area (Å²) < 4.78 is 20.6. The van der Waals surface area contributed by atoms with Gasteiger partial charge in [-0.05, 0) is 25.5 Å². The van der Waals surface area contributed by atoms with Crippen LogP contribution in [0.25, 0.3) is 0 Å². The molecule has 1 N–H and O–H groups in total. The Hall–Kier alpha value is -1.88. The van der Waals surface area contributed by atoms with Crippen LogP contribution in [0.15, 0.2) is 30.5 Å². The topological polar surface area (TPSA) is 39.1 Å². The molecule has 0 aliphatic heterocycles. The summed E-state index contributed by atoms with van der Waals surface area (Å²) in [5, 5.41) is 3.02. The molecule has 0 bridgehead atoms. The highest BCUT2D eigenvalue weighted by molar-refractivity contribution is 5.54. The smallest absolute Gasteiger partial charge is 0.207 e. The monoisotopic (exact) mass is 263 g/mol. The number of rotatable bonds is 6. The molecule has 4 nitrogen and oxygen atoms in total. The van der Waals surface area contributed by atoms with Crippen LogP contribution in [0.1, 0.15) is 12.1 Å². The molecule has 1 aromatic carbocycles. The fourth-order valence-electron chi connectivity index (χ4n) is 1.88. The molecule has 0 radical (unpaired) electrons. The van der Waals surface area contributed by atoms with Crippen LogP contribution in [-0.4, -0.2) is 23.3 Å². The Bertz CT molecular complexity index is 539. The van der Waals surface area contributed by atoms with Crippen LogP contribution in [0, 0.1) is 12.7 Å². The number of aromatic nitrogens is 2. The summed E-state index contributed by atoms with van der Waals surface area (Å²) in [5.74, 6) is 0.366. The number of ether oxygens (including phenoxy) is 1. The van der Waals surface area contributed by atoms with Crippen LogP contribution in [0.2, 0.25) is 0 Å². The third-order valence-electron chi connectivity index (χ3n) is 2.76. The van der Waals surface area contributed by atoms with Gasteiger partial charge < -0.3 is 14.6 Å². The van der Waals surface area contributed by atoms with Gasteiger partial charge in [-0.2, -0.15) is 0 Å². The summed E-state index contributed by atoms with van der Waals surface area (Å²) >= 11 is 0. The number of benzene rings is 1. The van der Waals surface area contributed by atoms with E-state index in [9.17, 15) is 4.39 Å². The Morgan fingerprint density at radius 3 is 2.89 bits per heavy atom. The number of methoxy groups -OCH3 is 1. The molecular weight excluding hydrogens is 245 g/mol. The maximum Gasteiger partial charge on any atom is 0.207 e. The van der Waals surface area contributed by atoms with Crippen molar-refractivity contribution in [2.45, 2.75) is 19.9 Å². The standard InChI is InChI=1S/C14H18FN3O/c1-11-10-18(8-5-9-19-2)14(16-11)17-13-7-4-3-6-12(13)15/h3-4,6-7,10H,5,8-9H2,1-2H3,(H,16,17). The van der Waals surface area contributed by atoms with E-state index >= 15 is 0 Å². The maximum absolute atomic E-state index is 13.6. The lowest BCUT2D eigenvalue weighted by Gasteiger charge is -2.10. The summed E-state index contributed by atoms with van der Waals surface area (Å²) in [7, 11) is 1.68. The van der Waals surface area contributed by atoms with E-state index in [1.54, 1.807) is 25.3 Å². The first-order valence-corrected chi connectivity index (χ1v) is 6.25. The third-order valence-corrected chi connectivity index (χ3v) is 2.76. The SMILES string of the molecule is COCCCn1cc(C)nc1Nc1ccccc1F. The largest absolute Gasteiger partial charge is 0.385 e. The summed E-state index contributed by atoms with van der Waals surface area (Å²) in [6.45, 7) is 3.39. The number of hydrogen-bond acceptors (Lipinski definition) is 3. The first kappa shape index (κ1) is 13.5. The summed E-state index contributed by atoms with van der Waals surface area (Å²) in [5.41, 5.74) is 1.33. The average molecular weight is 263 g/mol. The lowest BCUT2D eigenvalue weighted by Crippen LogP contribution is -2.06. The predicted molar refractivity (Wildman–Crippen MR) is 73.1 cm³/mol. The molecule has 1 aromatic heterocycles. The molecule has 0 aliphatic carbocycles. The lowest BCUT2D eigenvalue weighted by atomic mass is 10.3. The minimum absolute atomic E-state index is 0.286. The number of hydrogen-bond donors (Lipinski definition) is 1. The molecule has 0 spiro atoms. The molecule has 0 saturated carbocycles. The van der Waals surface area contributed by atoms with E-state index in [4.69, 9.17) is 4.74 Å². The number of anilines is 2. The van der Waals surface area contributed by atoms with Gasteiger partial charge in [0.05, 0.1) is 11.4 Å². The summed E-state index contributed by atoms with van der Waals surface area (Å²) in [6.07, 6.45) is 2.83. The molecule has 0 fully saturated rings. The van der Waals surface area contributed by atoms with Gasteiger partial charge in [0.15, 0.2) is 0 Å². The molecule has 0 atom stereocenters. The molecule has 5 heteroatoms. The zero-order valence-corrected chi connectivity index (χ0v) is 11.2. The van der Waals surface area contributed by atoms with Gasteiger partial charge in [-0.3, -0.25) is 0 Å². The molecule has 102 valence electrons. The fraction of sp³-hybridized carbons (Fsp3) is 0.357. The van der Waals surface area contributed by atoms with Crippen LogP contribution < -0.4 is 5.32 Å². The van der Waals surface area contributed by atoms with E-state index < -0.39 is 0 Å². The van der Waals surface area contributed by atoms with E-state index in [0.29, 0.717) is 18.2 Å². The summed E-state index contributed by atoms with van der Waals surface area (Å²) in [4.78, 5) is 4.37. The number of imidazole rings is 1. The number of para-hydroxylation sites is 1. The van der Waals surface area contributed by atoms with Crippen molar-refractivity contribution >= 4 is 11.6 Å². The minimum Gasteiger partial charge on any atom is -0.385 e. The summed E-state index contributed by atoms with van der Waals surface area (Å²) in [6, 6.07) is 6.57. The Labute approximate surface area is 112 Å². The van der Waals surface area contributed by atoms with Crippen molar-refractivity contribution in [3.8, 4) is 0 Å². The van der Waals surface area contributed by atoms with Crippen LogP contribution in [0.3, 0.4) is 0 Å². The van der Waals surface area contributed by atoms with Crippen LogP contribution in [-0.2, 0) is 11.3 Å². The number of aryl methyl sites for hydroxylation is 2. The van der Waals surface area contributed by atoms with Gasteiger partial charge in [-0.1, -0.05) is 12.1 Å². The lowest BCUT2D eigenvalue weighted by molar-refractivity contribution is 0.190. The zero-order valence-electron chi connectivity index (χ0n) is 11.2. The quantitative estimate of drug-likeness (QED) is 0.814. The van der Waals surface area contributed by atoms with Gasteiger partial charge in [0.2, 0.25) is 5.95 Å². The Morgan fingerprint density at radius 1 is 1.37 bits per heavy atom. The van der Waals surface area contributed by atoms with Crippen LogP contribution in [0.5, 0.6) is 0 Å². The first-order valence-electron chi connectivity index (χ1n) is 6.25.